The average Bonchev–Trinajstić information content (AvgIpc) is 2.63. The third kappa shape index (κ3) is 2.88. The first kappa shape index (κ1) is 10.3. The second-order valence-corrected chi connectivity index (χ2v) is 5.06. The van der Waals surface area contributed by atoms with E-state index >= 15 is 0 Å². The highest BCUT2D eigenvalue weighted by Gasteiger charge is 2.14. The van der Waals surface area contributed by atoms with Gasteiger partial charge in [0.25, 0.3) is 0 Å². The minimum atomic E-state index is 0.117. The van der Waals surface area contributed by atoms with E-state index in [9.17, 15) is 0 Å². The molecule has 7 heteroatoms. The molecule has 1 aromatic heterocycles. The molecule has 1 N–H and O–H groups in total. The molecule has 0 aromatic carbocycles. The van der Waals surface area contributed by atoms with Gasteiger partial charge in [0.1, 0.15) is 0 Å². The fraction of sp³-hybridized carbons (Fsp3) is 0.714. The van der Waals surface area contributed by atoms with Crippen molar-refractivity contribution < 1.29 is 9.47 Å². The van der Waals surface area contributed by atoms with E-state index in [2.05, 4.69) is 31.4 Å². The molecular formula is C7H10BrN3O2S. The molecule has 1 fully saturated rings. The number of rotatable bonds is 3. The summed E-state index contributed by atoms with van der Waals surface area (Å²) in [5.74, 6) is 0. The lowest BCUT2D eigenvalue weighted by atomic mass is 10.3. The van der Waals surface area contributed by atoms with Crippen molar-refractivity contribution in [3.8, 4) is 0 Å². The summed E-state index contributed by atoms with van der Waals surface area (Å²) in [5, 5.41) is 11.7. The molecule has 1 saturated heterocycles. The fourth-order valence-electron chi connectivity index (χ4n) is 1.13. The molecule has 1 aliphatic rings. The maximum absolute atomic E-state index is 5.46. The van der Waals surface area contributed by atoms with Crippen LogP contribution in [0, 0.1) is 0 Å². The van der Waals surface area contributed by atoms with Crippen molar-refractivity contribution >= 4 is 32.4 Å². The molecular weight excluding hydrogens is 270 g/mol. The molecule has 78 valence electrons. The van der Waals surface area contributed by atoms with E-state index in [1.807, 2.05) is 0 Å². The minimum Gasteiger partial charge on any atom is -0.376 e. The van der Waals surface area contributed by atoms with Crippen LogP contribution in [-0.4, -0.2) is 42.7 Å². The summed E-state index contributed by atoms with van der Waals surface area (Å²) < 4.78 is 11.5. The molecule has 0 aliphatic carbocycles. The predicted octanol–water partition coefficient (Wildman–Crippen LogP) is 1.13. The van der Waals surface area contributed by atoms with Gasteiger partial charge in [-0.05, 0) is 15.9 Å². The van der Waals surface area contributed by atoms with Crippen LogP contribution in [-0.2, 0) is 9.47 Å². The van der Waals surface area contributed by atoms with Gasteiger partial charge in [0.2, 0.25) is 5.13 Å². The Labute approximate surface area is 93.9 Å². The molecule has 0 radical (unpaired) electrons. The number of ether oxygens (including phenoxy) is 2. The zero-order chi connectivity index (χ0) is 9.80. The lowest BCUT2D eigenvalue weighted by Gasteiger charge is -2.22. The normalized spacial score (nSPS) is 22.2. The Morgan fingerprint density at radius 1 is 1.50 bits per heavy atom. The summed E-state index contributed by atoms with van der Waals surface area (Å²) in [6, 6.07) is 0. The van der Waals surface area contributed by atoms with E-state index in [-0.39, 0.29) is 6.10 Å². The number of halogens is 1. The van der Waals surface area contributed by atoms with E-state index in [1.54, 1.807) is 0 Å². The molecule has 2 rings (SSSR count). The van der Waals surface area contributed by atoms with E-state index < -0.39 is 0 Å². The summed E-state index contributed by atoms with van der Waals surface area (Å²) in [5.41, 5.74) is 0. The maximum atomic E-state index is 5.46. The van der Waals surface area contributed by atoms with Crippen LogP contribution in [0.3, 0.4) is 0 Å². The Morgan fingerprint density at radius 2 is 2.43 bits per heavy atom. The zero-order valence-electron chi connectivity index (χ0n) is 7.40. The lowest BCUT2D eigenvalue weighted by Crippen LogP contribution is -2.34. The van der Waals surface area contributed by atoms with Gasteiger partial charge in [-0.3, -0.25) is 0 Å². The number of hydrogen-bond donors (Lipinski definition) is 1. The summed E-state index contributed by atoms with van der Waals surface area (Å²) in [6.45, 7) is 2.72. The van der Waals surface area contributed by atoms with Crippen LogP contribution in [0.15, 0.2) is 3.92 Å². The predicted molar refractivity (Wildman–Crippen MR) is 56.7 cm³/mol. The third-order valence-electron chi connectivity index (χ3n) is 1.77. The molecule has 1 unspecified atom stereocenters. The van der Waals surface area contributed by atoms with Gasteiger partial charge >= 0.3 is 0 Å². The molecule has 1 aliphatic heterocycles. The van der Waals surface area contributed by atoms with E-state index in [1.165, 1.54) is 11.3 Å². The van der Waals surface area contributed by atoms with Crippen molar-refractivity contribution in [1.82, 2.24) is 10.2 Å². The smallest absolute Gasteiger partial charge is 0.206 e. The van der Waals surface area contributed by atoms with Crippen LogP contribution in [0.4, 0.5) is 5.13 Å². The van der Waals surface area contributed by atoms with Crippen LogP contribution in [0.25, 0.3) is 0 Å². The highest BCUT2D eigenvalue weighted by molar-refractivity contribution is 9.11. The van der Waals surface area contributed by atoms with Gasteiger partial charge in [0.05, 0.1) is 25.9 Å². The summed E-state index contributed by atoms with van der Waals surface area (Å²) in [6.07, 6.45) is 0.117. The van der Waals surface area contributed by atoms with Crippen LogP contribution in [0.2, 0.25) is 0 Å². The first-order valence-electron chi connectivity index (χ1n) is 4.27. The molecule has 0 bridgehead atoms. The van der Waals surface area contributed by atoms with Crippen molar-refractivity contribution in [2.45, 2.75) is 6.10 Å². The molecule has 1 atom stereocenters. The number of aromatic nitrogens is 2. The summed E-state index contributed by atoms with van der Waals surface area (Å²) in [7, 11) is 0. The van der Waals surface area contributed by atoms with E-state index in [0.29, 0.717) is 26.4 Å². The Kier molecular flexibility index (Phi) is 3.68. The Balaban J connectivity index is 1.76. The van der Waals surface area contributed by atoms with Gasteiger partial charge in [0, 0.05) is 6.54 Å². The number of nitrogens with zero attached hydrogens (tertiary/aromatic N) is 2. The van der Waals surface area contributed by atoms with Gasteiger partial charge in [0.15, 0.2) is 3.92 Å². The monoisotopic (exact) mass is 279 g/mol. The molecule has 0 amide bonds. The van der Waals surface area contributed by atoms with Crippen molar-refractivity contribution in [2.24, 2.45) is 0 Å². The Hall–Kier alpha value is -0.240. The average molecular weight is 280 g/mol. The van der Waals surface area contributed by atoms with Gasteiger partial charge in [-0.25, -0.2) is 0 Å². The van der Waals surface area contributed by atoms with Crippen LogP contribution < -0.4 is 5.32 Å². The van der Waals surface area contributed by atoms with Gasteiger partial charge in [-0.2, -0.15) is 0 Å². The summed E-state index contributed by atoms with van der Waals surface area (Å²) in [4.78, 5) is 0. The summed E-state index contributed by atoms with van der Waals surface area (Å²) >= 11 is 4.71. The van der Waals surface area contributed by atoms with E-state index in [0.717, 1.165) is 9.05 Å². The second kappa shape index (κ2) is 5.01. The van der Waals surface area contributed by atoms with Crippen molar-refractivity contribution in [2.75, 3.05) is 31.7 Å². The van der Waals surface area contributed by atoms with Gasteiger partial charge < -0.3 is 14.8 Å². The highest BCUT2D eigenvalue weighted by Crippen LogP contribution is 2.20. The molecule has 14 heavy (non-hydrogen) atoms. The zero-order valence-corrected chi connectivity index (χ0v) is 9.81. The van der Waals surface area contributed by atoms with Gasteiger partial charge in [-0.1, -0.05) is 11.3 Å². The molecule has 0 spiro atoms. The van der Waals surface area contributed by atoms with Gasteiger partial charge in [-0.15, -0.1) is 10.2 Å². The maximum Gasteiger partial charge on any atom is 0.206 e. The first-order chi connectivity index (χ1) is 6.84. The molecule has 1 aromatic rings. The second-order valence-electron chi connectivity index (χ2n) is 2.81. The Bertz CT molecular complexity index is 290. The van der Waals surface area contributed by atoms with Crippen LogP contribution >= 0.6 is 27.3 Å². The topological polar surface area (TPSA) is 56.3 Å². The van der Waals surface area contributed by atoms with E-state index in [4.69, 9.17) is 9.47 Å². The third-order valence-corrected chi connectivity index (χ3v) is 3.08. The SMILES string of the molecule is Brc1nnc(NCC2COCCO2)s1. The van der Waals surface area contributed by atoms with Crippen molar-refractivity contribution in [1.29, 1.82) is 0 Å². The molecule has 2 heterocycles. The molecule has 0 saturated carbocycles. The fourth-order valence-corrected chi connectivity index (χ4v) is 2.15. The quantitative estimate of drug-likeness (QED) is 0.899. The largest absolute Gasteiger partial charge is 0.376 e. The van der Waals surface area contributed by atoms with Crippen molar-refractivity contribution in [3.63, 3.8) is 0 Å². The lowest BCUT2D eigenvalue weighted by molar-refractivity contribution is -0.0818. The number of anilines is 1. The number of hydrogen-bond acceptors (Lipinski definition) is 6. The number of nitrogens with one attached hydrogen (secondary N) is 1. The highest BCUT2D eigenvalue weighted by atomic mass is 79.9. The standard InChI is InChI=1S/C7H10BrN3O2S/c8-6-10-11-7(14-6)9-3-5-4-12-1-2-13-5/h5H,1-4H2,(H,9,11). The van der Waals surface area contributed by atoms with Crippen molar-refractivity contribution in [3.05, 3.63) is 3.92 Å². The van der Waals surface area contributed by atoms with Crippen LogP contribution in [0.1, 0.15) is 0 Å². The Morgan fingerprint density at radius 3 is 3.07 bits per heavy atom. The first-order valence-corrected chi connectivity index (χ1v) is 5.88. The molecule has 5 nitrogen and oxygen atoms in total. The minimum absolute atomic E-state index is 0.117. The van der Waals surface area contributed by atoms with Crippen LogP contribution in [0.5, 0.6) is 0 Å².